The van der Waals surface area contributed by atoms with Gasteiger partial charge >= 0.3 is 0 Å². The van der Waals surface area contributed by atoms with Crippen LogP contribution >= 0.6 is 15.9 Å². The highest BCUT2D eigenvalue weighted by Gasteiger charge is 2.16. The first-order valence-corrected chi connectivity index (χ1v) is 7.67. The second kappa shape index (κ2) is 7.78. The van der Waals surface area contributed by atoms with Crippen LogP contribution in [-0.2, 0) is 6.42 Å². The van der Waals surface area contributed by atoms with Gasteiger partial charge in [-0.05, 0) is 46.6 Å². The summed E-state index contributed by atoms with van der Waals surface area (Å²) in [6, 6.07) is 6.92. The fourth-order valence-electron chi connectivity index (χ4n) is 2.12. The van der Waals surface area contributed by atoms with E-state index >= 15 is 0 Å². The number of allylic oxidation sites excluding steroid dienone is 1. The van der Waals surface area contributed by atoms with Gasteiger partial charge in [-0.3, -0.25) is 4.79 Å². The highest BCUT2D eigenvalue weighted by Crippen LogP contribution is 2.33. The van der Waals surface area contributed by atoms with E-state index in [4.69, 9.17) is 9.47 Å². The Kier molecular flexibility index (Phi) is 5.76. The average molecular weight is 377 g/mol. The van der Waals surface area contributed by atoms with Gasteiger partial charge in [0, 0.05) is 21.8 Å². The molecule has 0 bridgehead atoms. The molecule has 5 nitrogen and oxygen atoms in total. The molecule has 1 aromatic heterocycles. The molecule has 0 aliphatic carbocycles. The Bertz CT molecular complexity index is 715. The molecule has 0 fully saturated rings. The highest BCUT2D eigenvalue weighted by atomic mass is 79.9. The number of halogens is 1. The summed E-state index contributed by atoms with van der Waals surface area (Å²) >= 11 is 3.30. The number of nitrogens with one attached hydrogen (secondary N) is 1. The molecular weight excluding hydrogens is 360 g/mol. The summed E-state index contributed by atoms with van der Waals surface area (Å²) in [5, 5.41) is 2.75. The maximum absolute atomic E-state index is 12.4. The van der Waals surface area contributed by atoms with Gasteiger partial charge in [0.05, 0.1) is 14.2 Å². The molecule has 0 saturated heterocycles. The van der Waals surface area contributed by atoms with Gasteiger partial charge in [0.25, 0.3) is 5.91 Å². The summed E-state index contributed by atoms with van der Waals surface area (Å²) < 4.78 is 11.5. The molecule has 0 atom stereocenters. The number of nitrogens with zero attached hydrogens (tertiary/aromatic N) is 1. The van der Waals surface area contributed by atoms with Crippen molar-refractivity contribution in [3.63, 3.8) is 0 Å². The molecule has 23 heavy (non-hydrogen) atoms. The Balaban J connectivity index is 2.33. The molecule has 1 heterocycles. The number of carbonyl (C=O) groups excluding carboxylic acids is 1. The predicted octanol–water partition coefficient (Wildman–Crippen LogP) is 3.84. The third kappa shape index (κ3) is 4.10. The minimum atomic E-state index is -0.272. The summed E-state index contributed by atoms with van der Waals surface area (Å²) in [6.45, 7) is 3.73. The minimum absolute atomic E-state index is 0.272. The number of hydrogen-bond donors (Lipinski definition) is 1. The first kappa shape index (κ1) is 17.0. The van der Waals surface area contributed by atoms with Gasteiger partial charge < -0.3 is 14.8 Å². The van der Waals surface area contributed by atoms with Gasteiger partial charge in [-0.25, -0.2) is 4.98 Å². The van der Waals surface area contributed by atoms with E-state index < -0.39 is 0 Å². The van der Waals surface area contributed by atoms with Gasteiger partial charge in [0.15, 0.2) is 11.5 Å². The van der Waals surface area contributed by atoms with Crippen LogP contribution in [0.25, 0.3) is 0 Å². The molecule has 0 aliphatic heterocycles. The van der Waals surface area contributed by atoms with E-state index in [0.29, 0.717) is 29.3 Å². The Morgan fingerprint density at radius 2 is 2.13 bits per heavy atom. The molecule has 0 spiro atoms. The number of benzene rings is 1. The zero-order chi connectivity index (χ0) is 16.8. The standard InChI is InChI=1S/C17H17BrN2O3/c1-4-5-11-8-12(9-14(22-2)16(11)23-3)17(21)20-15-7-6-13(18)10-19-15/h4,6-10H,1,5H2,2-3H3,(H,19,20,21). The SMILES string of the molecule is C=CCc1cc(C(=O)Nc2ccc(Br)cn2)cc(OC)c1OC. The van der Waals surface area contributed by atoms with Crippen molar-refractivity contribution in [2.45, 2.75) is 6.42 Å². The number of aromatic nitrogens is 1. The van der Waals surface area contributed by atoms with E-state index in [-0.39, 0.29) is 5.91 Å². The zero-order valence-electron chi connectivity index (χ0n) is 12.9. The number of amides is 1. The van der Waals surface area contributed by atoms with Crippen LogP contribution < -0.4 is 14.8 Å². The molecule has 2 rings (SSSR count). The monoisotopic (exact) mass is 376 g/mol. The van der Waals surface area contributed by atoms with Gasteiger partial charge in [-0.2, -0.15) is 0 Å². The van der Waals surface area contributed by atoms with Gasteiger partial charge in [-0.1, -0.05) is 6.08 Å². The van der Waals surface area contributed by atoms with E-state index in [1.54, 1.807) is 43.6 Å². The molecule has 0 saturated carbocycles. The Morgan fingerprint density at radius 3 is 2.70 bits per heavy atom. The van der Waals surface area contributed by atoms with Crippen LogP contribution in [0, 0.1) is 0 Å². The number of carbonyl (C=O) groups is 1. The van der Waals surface area contributed by atoms with Crippen LogP contribution in [0.1, 0.15) is 15.9 Å². The highest BCUT2D eigenvalue weighted by molar-refractivity contribution is 9.10. The van der Waals surface area contributed by atoms with E-state index in [2.05, 4.69) is 32.8 Å². The fraction of sp³-hybridized carbons (Fsp3) is 0.176. The molecule has 0 aliphatic rings. The number of methoxy groups -OCH3 is 2. The summed E-state index contributed by atoms with van der Waals surface area (Å²) in [6.07, 6.45) is 3.93. The lowest BCUT2D eigenvalue weighted by molar-refractivity contribution is 0.102. The van der Waals surface area contributed by atoms with Crippen molar-refractivity contribution >= 4 is 27.7 Å². The first-order valence-electron chi connectivity index (χ1n) is 6.87. The molecule has 0 radical (unpaired) electrons. The normalized spacial score (nSPS) is 10.0. The van der Waals surface area contributed by atoms with Crippen molar-refractivity contribution in [3.8, 4) is 11.5 Å². The quantitative estimate of drug-likeness (QED) is 0.777. The van der Waals surface area contributed by atoms with Crippen molar-refractivity contribution in [2.24, 2.45) is 0 Å². The maximum atomic E-state index is 12.4. The fourth-order valence-corrected chi connectivity index (χ4v) is 2.35. The minimum Gasteiger partial charge on any atom is -0.493 e. The van der Waals surface area contributed by atoms with Crippen LogP contribution in [0.15, 0.2) is 47.6 Å². The lowest BCUT2D eigenvalue weighted by atomic mass is 10.0. The lowest BCUT2D eigenvalue weighted by Gasteiger charge is -2.14. The van der Waals surface area contributed by atoms with Crippen molar-refractivity contribution in [1.29, 1.82) is 0 Å². The number of ether oxygens (including phenoxy) is 2. The van der Waals surface area contributed by atoms with Gasteiger partial charge in [0.2, 0.25) is 0 Å². The summed E-state index contributed by atoms with van der Waals surface area (Å²) in [7, 11) is 3.10. The van der Waals surface area contributed by atoms with E-state index in [1.165, 1.54) is 7.11 Å². The molecule has 1 aromatic carbocycles. The van der Waals surface area contributed by atoms with Crippen LogP contribution in [0.4, 0.5) is 5.82 Å². The van der Waals surface area contributed by atoms with Crippen molar-refractivity contribution in [1.82, 2.24) is 4.98 Å². The zero-order valence-corrected chi connectivity index (χ0v) is 14.5. The van der Waals surface area contributed by atoms with Crippen molar-refractivity contribution in [2.75, 3.05) is 19.5 Å². The lowest BCUT2D eigenvalue weighted by Crippen LogP contribution is -2.13. The van der Waals surface area contributed by atoms with Crippen molar-refractivity contribution in [3.05, 3.63) is 58.7 Å². The molecule has 2 aromatic rings. The van der Waals surface area contributed by atoms with Gasteiger partial charge in [0.1, 0.15) is 5.82 Å². The summed E-state index contributed by atoms with van der Waals surface area (Å²) in [4.78, 5) is 16.6. The van der Waals surface area contributed by atoms with E-state index in [9.17, 15) is 4.79 Å². The van der Waals surface area contributed by atoms with Crippen LogP contribution in [0.2, 0.25) is 0 Å². The average Bonchev–Trinajstić information content (AvgIpc) is 2.56. The maximum Gasteiger partial charge on any atom is 0.256 e. The Labute approximate surface area is 143 Å². The van der Waals surface area contributed by atoms with E-state index in [0.717, 1.165) is 10.0 Å². The topological polar surface area (TPSA) is 60.5 Å². The Hall–Kier alpha value is -2.34. The molecule has 1 N–H and O–H groups in total. The second-order valence-corrected chi connectivity index (χ2v) is 5.60. The third-order valence-electron chi connectivity index (χ3n) is 3.15. The van der Waals surface area contributed by atoms with Crippen LogP contribution in [-0.4, -0.2) is 25.1 Å². The summed E-state index contributed by atoms with van der Waals surface area (Å²) in [5.41, 5.74) is 1.29. The molecule has 1 amide bonds. The molecule has 0 unspecified atom stereocenters. The second-order valence-electron chi connectivity index (χ2n) is 4.68. The predicted molar refractivity (Wildman–Crippen MR) is 93.3 cm³/mol. The van der Waals surface area contributed by atoms with Crippen molar-refractivity contribution < 1.29 is 14.3 Å². The largest absolute Gasteiger partial charge is 0.493 e. The van der Waals surface area contributed by atoms with E-state index in [1.807, 2.05) is 0 Å². The van der Waals surface area contributed by atoms with Crippen LogP contribution in [0.5, 0.6) is 11.5 Å². The number of anilines is 1. The van der Waals surface area contributed by atoms with Gasteiger partial charge in [-0.15, -0.1) is 6.58 Å². The smallest absolute Gasteiger partial charge is 0.256 e. The number of rotatable bonds is 6. The third-order valence-corrected chi connectivity index (χ3v) is 3.62. The number of pyridine rings is 1. The summed E-state index contributed by atoms with van der Waals surface area (Å²) in [5.74, 6) is 1.30. The molecule has 6 heteroatoms. The number of hydrogen-bond acceptors (Lipinski definition) is 4. The van der Waals surface area contributed by atoms with Crippen LogP contribution in [0.3, 0.4) is 0 Å². The molecular formula is C17H17BrN2O3. The Morgan fingerprint density at radius 1 is 1.35 bits per heavy atom. The first-order chi connectivity index (χ1) is 11.1. The molecule has 120 valence electrons.